The second-order valence-corrected chi connectivity index (χ2v) is 10.9. The number of hydrogen-bond donors (Lipinski definition) is 2. The predicted octanol–water partition coefficient (Wildman–Crippen LogP) is 2.87. The fourth-order valence-electron chi connectivity index (χ4n) is 4.37. The summed E-state index contributed by atoms with van der Waals surface area (Å²) in [6.07, 6.45) is 6.02. The molecule has 8 heteroatoms. The van der Waals surface area contributed by atoms with Crippen molar-refractivity contribution in [3.05, 3.63) is 34.3 Å². The number of rotatable bonds is 8. The first-order valence-electron chi connectivity index (χ1n) is 10.1. The topological polar surface area (TPSA) is 78.5 Å². The normalized spacial score (nSPS) is 27.7. The molecule has 0 aromatic heterocycles. The lowest BCUT2D eigenvalue weighted by Crippen LogP contribution is -2.58. The van der Waals surface area contributed by atoms with Gasteiger partial charge in [-0.25, -0.2) is 0 Å². The van der Waals surface area contributed by atoms with E-state index in [0.29, 0.717) is 36.1 Å². The molecule has 2 N–H and O–H groups in total. The van der Waals surface area contributed by atoms with Crippen LogP contribution in [0.3, 0.4) is 0 Å². The molecular weight excluding hydrogens is 398 g/mol. The highest BCUT2D eigenvalue weighted by atomic mass is 35.5. The van der Waals surface area contributed by atoms with Gasteiger partial charge in [0.05, 0.1) is 10.6 Å². The molecule has 3 fully saturated rings. The van der Waals surface area contributed by atoms with Gasteiger partial charge < -0.3 is 5.32 Å². The monoisotopic (exact) mass is 425 g/mol. The van der Waals surface area contributed by atoms with E-state index in [9.17, 15) is 13.2 Å². The first-order chi connectivity index (χ1) is 13.3. The van der Waals surface area contributed by atoms with Crippen LogP contribution >= 0.6 is 11.6 Å². The van der Waals surface area contributed by atoms with Gasteiger partial charge >= 0.3 is 0 Å². The SMILES string of the molecule is Cc1ccc(C(=O)NC[C@]2(CC3CC3)C[C@@H](NS(=O)(=O)N3CCC3)C2)c(Cl)c1. The molecule has 0 atom stereocenters. The molecule has 0 radical (unpaired) electrons. The van der Waals surface area contributed by atoms with Crippen LogP contribution in [0.4, 0.5) is 0 Å². The number of nitrogens with one attached hydrogen (secondary N) is 2. The number of amides is 1. The summed E-state index contributed by atoms with van der Waals surface area (Å²) >= 11 is 6.22. The highest BCUT2D eigenvalue weighted by Gasteiger charge is 2.48. The van der Waals surface area contributed by atoms with Crippen LogP contribution in [0.25, 0.3) is 0 Å². The van der Waals surface area contributed by atoms with Gasteiger partial charge in [-0.2, -0.15) is 17.4 Å². The van der Waals surface area contributed by atoms with E-state index >= 15 is 0 Å². The van der Waals surface area contributed by atoms with Gasteiger partial charge in [-0.1, -0.05) is 30.5 Å². The Kier molecular flexibility index (Phi) is 5.46. The second kappa shape index (κ2) is 7.59. The van der Waals surface area contributed by atoms with Crippen molar-refractivity contribution in [2.75, 3.05) is 19.6 Å². The van der Waals surface area contributed by atoms with Crippen LogP contribution in [0, 0.1) is 18.3 Å². The number of aryl methyl sites for hydroxylation is 1. The average molecular weight is 426 g/mol. The third-order valence-corrected chi connectivity index (χ3v) is 8.23. The van der Waals surface area contributed by atoms with Crippen molar-refractivity contribution < 1.29 is 13.2 Å². The minimum Gasteiger partial charge on any atom is -0.351 e. The average Bonchev–Trinajstić information content (AvgIpc) is 3.32. The number of hydrogen-bond acceptors (Lipinski definition) is 3. The summed E-state index contributed by atoms with van der Waals surface area (Å²) in [7, 11) is -3.35. The first kappa shape index (κ1) is 20.1. The van der Waals surface area contributed by atoms with Crippen molar-refractivity contribution in [3.8, 4) is 0 Å². The third-order valence-electron chi connectivity index (χ3n) is 6.24. The molecule has 0 bridgehead atoms. The summed E-state index contributed by atoms with van der Waals surface area (Å²) in [5.41, 5.74) is 1.49. The fraction of sp³-hybridized carbons (Fsp3) is 0.650. The van der Waals surface area contributed by atoms with Gasteiger partial charge in [-0.05, 0) is 61.6 Å². The van der Waals surface area contributed by atoms with Crippen molar-refractivity contribution in [1.82, 2.24) is 14.3 Å². The van der Waals surface area contributed by atoms with Crippen LogP contribution in [-0.2, 0) is 10.2 Å². The molecule has 1 aromatic rings. The molecule has 0 unspecified atom stereocenters. The van der Waals surface area contributed by atoms with Crippen molar-refractivity contribution in [3.63, 3.8) is 0 Å². The molecular formula is C20H28ClN3O3S. The van der Waals surface area contributed by atoms with Gasteiger partial charge in [0.1, 0.15) is 0 Å². The zero-order chi connectivity index (χ0) is 19.9. The molecule has 1 saturated heterocycles. The summed E-state index contributed by atoms with van der Waals surface area (Å²) in [4.78, 5) is 12.6. The molecule has 6 nitrogen and oxygen atoms in total. The van der Waals surface area contributed by atoms with E-state index in [0.717, 1.165) is 31.2 Å². The summed E-state index contributed by atoms with van der Waals surface area (Å²) in [5, 5.41) is 3.51. The second-order valence-electron chi connectivity index (χ2n) is 8.79. The molecule has 2 saturated carbocycles. The quantitative estimate of drug-likeness (QED) is 0.672. The molecule has 2 aliphatic carbocycles. The first-order valence-corrected chi connectivity index (χ1v) is 11.9. The maximum atomic E-state index is 12.6. The Bertz CT molecular complexity index is 859. The minimum atomic E-state index is -3.35. The lowest BCUT2D eigenvalue weighted by Gasteiger charge is -2.49. The third kappa shape index (κ3) is 4.37. The molecule has 0 spiro atoms. The van der Waals surface area contributed by atoms with Gasteiger partial charge in [0, 0.05) is 25.7 Å². The van der Waals surface area contributed by atoms with Gasteiger partial charge in [0.25, 0.3) is 16.1 Å². The van der Waals surface area contributed by atoms with E-state index in [1.807, 2.05) is 13.0 Å². The molecule has 1 heterocycles. The van der Waals surface area contributed by atoms with Crippen molar-refractivity contribution in [2.24, 2.45) is 11.3 Å². The molecule has 28 heavy (non-hydrogen) atoms. The van der Waals surface area contributed by atoms with Crippen LogP contribution in [0.1, 0.15) is 54.4 Å². The molecule has 3 aliphatic rings. The van der Waals surface area contributed by atoms with E-state index in [2.05, 4.69) is 10.0 Å². The standard InChI is InChI=1S/C20H28ClN3O3S/c1-14-3-6-17(18(21)9-14)19(25)22-13-20(10-15-4-5-15)11-16(12-20)23-28(26,27)24-7-2-8-24/h3,6,9,15-16,23H,2,4-5,7-8,10-13H2,1H3,(H,22,25)/t16-,20-. The Labute approximate surface area is 172 Å². The van der Waals surface area contributed by atoms with E-state index in [-0.39, 0.29) is 17.4 Å². The van der Waals surface area contributed by atoms with E-state index < -0.39 is 10.2 Å². The lowest BCUT2D eigenvalue weighted by molar-refractivity contribution is 0.0652. The Hall–Kier alpha value is -1.15. The lowest BCUT2D eigenvalue weighted by atomic mass is 9.63. The van der Waals surface area contributed by atoms with Crippen LogP contribution in [0.2, 0.25) is 5.02 Å². The molecule has 1 aromatic carbocycles. The zero-order valence-electron chi connectivity index (χ0n) is 16.2. The van der Waals surface area contributed by atoms with Crippen LogP contribution in [0.15, 0.2) is 18.2 Å². The zero-order valence-corrected chi connectivity index (χ0v) is 17.8. The Morgan fingerprint density at radius 3 is 2.57 bits per heavy atom. The van der Waals surface area contributed by atoms with Crippen molar-refractivity contribution >= 4 is 27.7 Å². The van der Waals surface area contributed by atoms with E-state index in [4.69, 9.17) is 11.6 Å². The molecule has 154 valence electrons. The number of nitrogens with zero attached hydrogens (tertiary/aromatic N) is 1. The van der Waals surface area contributed by atoms with Crippen molar-refractivity contribution in [2.45, 2.75) is 51.5 Å². The van der Waals surface area contributed by atoms with E-state index in [1.165, 1.54) is 17.1 Å². The summed E-state index contributed by atoms with van der Waals surface area (Å²) < 4.78 is 29.0. The highest BCUT2D eigenvalue weighted by molar-refractivity contribution is 7.87. The van der Waals surface area contributed by atoms with E-state index in [1.54, 1.807) is 12.1 Å². The Balaban J connectivity index is 1.35. The number of carbonyl (C=O) groups excluding carboxylic acids is 1. The Morgan fingerprint density at radius 2 is 2.00 bits per heavy atom. The maximum Gasteiger partial charge on any atom is 0.279 e. The fourth-order valence-corrected chi connectivity index (χ4v) is 6.16. The number of benzene rings is 1. The summed E-state index contributed by atoms with van der Waals surface area (Å²) in [6.45, 7) is 3.73. The number of halogens is 1. The largest absolute Gasteiger partial charge is 0.351 e. The van der Waals surface area contributed by atoms with Crippen molar-refractivity contribution in [1.29, 1.82) is 0 Å². The van der Waals surface area contributed by atoms with Gasteiger partial charge in [-0.15, -0.1) is 0 Å². The summed E-state index contributed by atoms with van der Waals surface area (Å²) in [5.74, 6) is 0.553. The molecule has 4 rings (SSSR count). The van der Waals surface area contributed by atoms with Crippen LogP contribution < -0.4 is 10.0 Å². The minimum absolute atomic E-state index is 0.0177. The molecule has 1 amide bonds. The van der Waals surface area contributed by atoms with Crippen LogP contribution in [-0.4, -0.2) is 44.3 Å². The van der Waals surface area contributed by atoms with Crippen LogP contribution in [0.5, 0.6) is 0 Å². The number of carbonyl (C=O) groups is 1. The Morgan fingerprint density at radius 1 is 1.29 bits per heavy atom. The summed E-state index contributed by atoms with van der Waals surface area (Å²) in [6, 6.07) is 5.39. The predicted molar refractivity (Wildman–Crippen MR) is 110 cm³/mol. The van der Waals surface area contributed by atoms with Gasteiger partial charge in [0.2, 0.25) is 0 Å². The smallest absolute Gasteiger partial charge is 0.279 e. The van der Waals surface area contributed by atoms with Gasteiger partial charge in [-0.3, -0.25) is 4.79 Å². The molecule has 1 aliphatic heterocycles. The highest BCUT2D eigenvalue weighted by Crippen LogP contribution is 2.51. The van der Waals surface area contributed by atoms with Gasteiger partial charge in [0.15, 0.2) is 0 Å². The maximum absolute atomic E-state index is 12.6.